The number of hydrogen-bond acceptors (Lipinski definition) is 3. The first-order valence-corrected chi connectivity index (χ1v) is 7.35. The van der Waals surface area contributed by atoms with Crippen molar-refractivity contribution in [3.63, 3.8) is 0 Å². The molecule has 0 fully saturated rings. The number of fused-ring (bicyclic) bond motifs is 1. The van der Waals surface area contributed by atoms with Gasteiger partial charge in [-0.1, -0.05) is 19.8 Å². The van der Waals surface area contributed by atoms with Gasteiger partial charge in [-0.05, 0) is 37.1 Å². The third-order valence-corrected chi connectivity index (χ3v) is 3.61. The number of benzene rings is 1. The van der Waals surface area contributed by atoms with Gasteiger partial charge in [0.15, 0.2) is 0 Å². The molecule has 4 heteroatoms. The van der Waals surface area contributed by atoms with Gasteiger partial charge in [0.1, 0.15) is 5.58 Å². The minimum atomic E-state index is -0.226. The molecule has 3 rings (SSSR count). The van der Waals surface area contributed by atoms with E-state index in [4.69, 9.17) is 4.42 Å². The molecule has 2 aromatic heterocycles. The van der Waals surface area contributed by atoms with Crippen LogP contribution in [0.4, 0.5) is 0 Å². The second kappa shape index (κ2) is 5.95. The van der Waals surface area contributed by atoms with E-state index in [9.17, 15) is 4.79 Å². The van der Waals surface area contributed by atoms with Crippen LogP contribution in [0.25, 0.3) is 16.7 Å². The fourth-order valence-corrected chi connectivity index (χ4v) is 2.45. The first-order chi connectivity index (χ1) is 10.3. The van der Waals surface area contributed by atoms with Crippen molar-refractivity contribution in [3.05, 3.63) is 58.7 Å². The number of nitrogens with zero attached hydrogens (tertiary/aromatic N) is 2. The second-order valence-corrected chi connectivity index (χ2v) is 5.19. The van der Waals surface area contributed by atoms with Crippen LogP contribution >= 0.6 is 0 Å². The minimum Gasteiger partial charge on any atom is -0.422 e. The molecule has 0 amide bonds. The Morgan fingerprint density at radius 1 is 1.24 bits per heavy atom. The Bertz CT molecular complexity index is 788. The maximum Gasteiger partial charge on any atom is 0.339 e. The molecule has 21 heavy (non-hydrogen) atoms. The van der Waals surface area contributed by atoms with Crippen molar-refractivity contribution in [3.8, 4) is 5.69 Å². The summed E-state index contributed by atoms with van der Waals surface area (Å²) in [6, 6.07) is 9.60. The van der Waals surface area contributed by atoms with Crippen molar-refractivity contribution in [1.82, 2.24) is 9.78 Å². The minimum absolute atomic E-state index is 0.226. The zero-order chi connectivity index (χ0) is 14.7. The highest BCUT2D eigenvalue weighted by Crippen LogP contribution is 2.18. The van der Waals surface area contributed by atoms with E-state index in [1.807, 2.05) is 36.5 Å². The summed E-state index contributed by atoms with van der Waals surface area (Å²) in [5.41, 5.74) is 2.03. The molecular formula is C17H18N2O2. The van der Waals surface area contributed by atoms with Crippen molar-refractivity contribution in [2.24, 2.45) is 0 Å². The van der Waals surface area contributed by atoms with Gasteiger partial charge in [-0.3, -0.25) is 0 Å². The highest BCUT2D eigenvalue weighted by molar-refractivity contribution is 5.79. The highest BCUT2D eigenvalue weighted by atomic mass is 16.4. The standard InChI is InChI=1S/C17H18N2O2/c1-2-3-4-6-14-11-13-7-8-15(19-10-5-9-18-19)12-16(13)21-17(14)20/h5,7-12H,2-4,6H2,1H3. The largest absolute Gasteiger partial charge is 0.422 e. The highest BCUT2D eigenvalue weighted by Gasteiger charge is 2.07. The van der Waals surface area contributed by atoms with Crippen LogP contribution < -0.4 is 5.63 Å². The monoisotopic (exact) mass is 282 g/mol. The topological polar surface area (TPSA) is 48.0 Å². The summed E-state index contributed by atoms with van der Waals surface area (Å²) >= 11 is 0. The molecule has 1 aromatic carbocycles. The summed E-state index contributed by atoms with van der Waals surface area (Å²) in [6.07, 6.45) is 7.67. The van der Waals surface area contributed by atoms with E-state index >= 15 is 0 Å². The molecule has 0 saturated heterocycles. The van der Waals surface area contributed by atoms with Crippen LogP contribution in [0.1, 0.15) is 31.7 Å². The first kappa shape index (κ1) is 13.6. The lowest BCUT2D eigenvalue weighted by molar-refractivity contribution is 0.545. The summed E-state index contributed by atoms with van der Waals surface area (Å²) in [7, 11) is 0. The summed E-state index contributed by atoms with van der Waals surface area (Å²) in [6.45, 7) is 2.15. The zero-order valence-corrected chi connectivity index (χ0v) is 12.1. The molecule has 0 bridgehead atoms. The van der Waals surface area contributed by atoms with Gasteiger partial charge in [0.2, 0.25) is 0 Å². The molecule has 0 aliphatic carbocycles. The van der Waals surface area contributed by atoms with E-state index in [0.29, 0.717) is 5.58 Å². The van der Waals surface area contributed by atoms with Crippen LogP contribution in [0, 0.1) is 0 Å². The lowest BCUT2D eigenvalue weighted by Crippen LogP contribution is -2.07. The number of hydrogen-bond donors (Lipinski definition) is 0. The molecule has 0 spiro atoms. The molecule has 0 N–H and O–H groups in total. The molecule has 0 atom stereocenters. The van der Waals surface area contributed by atoms with Gasteiger partial charge >= 0.3 is 5.63 Å². The predicted octanol–water partition coefficient (Wildman–Crippen LogP) is 3.71. The van der Waals surface area contributed by atoms with Crippen LogP contribution in [0.15, 0.2) is 51.9 Å². The summed E-state index contributed by atoms with van der Waals surface area (Å²) < 4.78 is 7.21. The first-order valence-electron chi connectivity index (χ1n) is 7.35. The lowest BCUT2D eigenvalue weighted by atomic mass is 10.1. The zero-order valence-electron chi connectivity index (χ0n) is 12.1. The van der Waals surface area contributed by atoms with Crippen molar-refractivity contribution in [2.45, 2.75) is 32.6 Å². The molecule has 108 valence electrons. The SMILES string of the molecule is CCCCCc1cc2ccc(-n3cccn3)cc2oc1=O. The number of aryl methyl sites for hydroxylation is 1. The molecule has 0 radical (unpaired) electrons. The van der Waals surface area contributed by atoms with Gasteiger partial charge in [0.25, 0.3) is 0 Å². The van der Waals surface area contributed by atoms with Crippen LogP contribution in [0.5, 0.6) is 0 Å². The summed E-state index contributed by atoms with van der Waals surface area (Å²) in [5.74, 6) is 0. The Kier molecular flexibility index (Phi) is 3.86. The Hall–Kier alpha value is -2.36. The van der Waals surface area contributed by atoms with Crippen LogP contribution in [0.2, 0.25) is 0 Å². The van der Waals surface area contributed by atoms with E-state index in [2.05, 4.69) is 12.0 Å². The van der Waals surface area contributed by atoms with E-state index in [1.165, 1.54) is 0 Å². The Labute approximate surface area is 123 Å². The average Bonchev–Trinajstić information content (AvgIpc) is 3.02. The fourth-order valence-electron chi connectivity index (χ4n) is 2.45. The fraction of sp³-hybridized carbons (Fsp3) is 0.294. The van der Waals surface area contributed by atoms with Gasteiger partial charge in [0, 0.05) is 29.4 Å². The molecule has 0 aliphatic heterocycles. The van der Waals surface area contributed by atoms with E-state index < -0.39 is 0 Å². The van der Waals surface area contributed by atoms with E-state index in [0.717, 1.165) is 42.3 Å². The molecule has 0 saturated carbocycles. The Morgan fingerprint density at radius 3 is 2.90 bits per heavy atom. The molecular weight excluding hydrogens is 264 g/mol. The molecule has 0 unspecified atom stereocenters. The van der Waals surface area contributed by atoms with E-state index in [-0.39, 0.29) is 5.63 Å². The molecule has 2 heterocycles. The van der Waals surface area contributed by atoms with Crippen molar-refractivity contribution in [2.75, 3.05) is 0 Å². The van der Waals surface area contributed by atoms with Crippen LogP contribution in [0.3, 0.4) is 0 Å². The second-order valence-electron chi connectivity index (χ2n) is 5.19. The summed E-state index contributed by atoms with van der Waals surface area (Å²) in [5, 5.41) is 5.14. The van der Waals surface area contributed by atoms with Gasteiger partial charge in [-0.2, -0.15) is 5.10 Å². The van der Waals surface area contributed by atoms with Crippen LogP contribution in [-0.2, 0) is 6.42 Å². The molecule has 0 aliphatic rings. The van der Waals surface area contributed by atoms with Gasteiger partial charge in [0.05, 0.1) is 5.69 Å². The van der Waals surface area contributed by atoms with Crippen molar-refractivity contribution < 1.29 is 4.42 Å². The van der Waals surface area contributed by atoms with Crippen molar-refractivity contribution in [1.29, 1.82) is 0 Å². The quantitative estimate of drug-likeness (QED) is 0.529. The smallest absolute Gasteiger partial charge is 0.339 e. The van der Waals surface area contributed by atoms with E-state index in [1.54, 1.807) is 10.9 Å². The molecule has 3 aromatic rings. The number of rotatable bonds is 5. The number of aromatic nitrogens is 2. The number of unbranched alkanes of at least 4 members (excludes halogenated alkanes) is 2. The Morgan fingerprint density at radius 2 is 2.14 bits per heavy atom. The van der Waals surface area contributed by atoms with Gasteiger partial charge < -0.3 is 4.42 Å². The summed E-state index contributed by atoms with van der Waals surface area (Å²) in [4.78, 5) is 12.0. The lowest BCUT2D eigenvalue weighted by Gasteiger charge is -2.05. The molecule has 4 nitrogen and oxygen atoms in total. The van der Waals surface area contributed by atoms with Gasteiger partial charge in [-0.15, -0.1) is 0 Å². The van der Waals surface area contributed by atoms with Gasteiger partial charge in [-0.25, -0.2) is 9.48 Å². The maximum atomic E-state index is 12.0. The van der Waals surface area contributed by atoms with Crippen LogP contribution in [-0.4, -0.2) is 9.78 Å². The third-order valence-electron chi connectivity index (χ3n) is 3.61. The maximum absolute atomic E-state index is 12.0. The average molecular weight is 282 g/mol. The Balaban J connectivity index is 1.96. The van der Waals surface area contributed by atoms with Crippen molar-refractivity contribution >= 4 is 11.0 Å². The third kappa shape index (κ3) is 2.89. The normalized spacial score (nSPS) is 11.1. The predicted molar refractivity (Wildman–Crippen MR) is 82.8 cm³/mol.